The van der Waals surface area contributed by atoms with E-state index in [4.69, 9.17) is 0 Å². The smallest absolute Gasteiger partial charge is 0.329 e. The third kappa shape index (κ3) is 4.20. The van der Waals surface area contributed by atoms with Crippen LogP contribution in [0.3, 0.4) is 0 Å². The summed E-state index contributed by atoms with van der Waals surface area (Å²) in [6.45, 7) is -0.336. The van der Waals surface area contributed by atoms with Crippen LogP contribution in [0.15, 0.2) is 36.7 Å². The molecule has 7 heteroatoms. The van der Waals surface area contributed by atoms with E-state index in [0.717, 1.165) is 9.13 Å². The van der Waals surface area contributed by atoms with Crippen LogP contribution in [0.4, 0.5) is 13.2 Å². The van der Waals surface area contributed by atoms with Crippen LogP contribution < -0.4 is 0 Å². The van der Waals surface area contributed by atoms with E-state index < -0.39 is 13.0 Å². The number of alkyl halides is 3. The molecule has 0 aliphatic heterocycles. The molecule has 0 saturated heterocycles. The highest BCUT2D eigenvalue weighted by molar-refractivity contribution is 14.1. The van der Waals surface area contributed by atoms with Gasteiger partial charge in [-0.2, -0.15) is 0 Å². The molecule has 1 aromatic carbocycles. The monoisotopic (exact) mass is 382 g/mol. The molecule has 2 rings (SSSR count). The largest absolute Gasteiger partial charge is 0.522 e. The first-order chi connectivity index (χ1) is 8.96. The number of imidazole rings is 1. The summed E-state index contributed by atoms with van der Waals surface area (Å²) in [6.07, 6.45) is -1.40. The van der Waals surface area contributed by atoms with Crippen molar-refractivity contribution in [2.75, 3.05) is 6.61 Å². The minimum Gasteiger partial charge on any atom is -0.329 e. The third-order valence-electron chi connectivity index (χ3n) is 2.40. The second kappa shape index (κ2) is 5.91. The van der Waals surface area contributed by atoms with Crippen LogP contribution in [0.25, 0.3) is 11.4 Å². The molecule has 19 heavy (non-hydrogen) atoms. The predicted molar refractivity (Wildman–Crippen MR) is 72.4 cm³/mol. The van der Waals surface area contributed by atoms with E-state index in [1.165, 1.54) is 0 Å². The highest BCUT2D eigenvalue weighted by Gasteiger charge is 2.28. The molecule has 0 spiro atoms. The molecule has 2 aromatic rings. The normalized spacial score (nSPS) is 11.8. The molecule has 1 aromatic heterocycles. The van der Waals surface area contributed by atoms with Gasteiger partial charge >= 0.3 is 6.36 Å². The summed E-state index contributed by atoms with van der Waals surface area (Å²) in [5.41, 5.74) is 0.865. The topological polar surface area (TPSA) is 27.1 Å². The zero-order valence-corrected chi connectivity index (χ0v) is 11.9. The number of hydrogen-bond donors (Lipinski definition) is 0. The lowest BCUT2D eigenvalue weighted by Crippen LogP contribution is -2.17. The first-order valence-corrected chi connectivity index (χ1v) is 6.51. The van der Waals surface area contributed by atoms with Crippen LogP contribution in [0.2, 0.25) is 0 Å². The van der Waals surface area contributed by atoms with Gasteiger partial charge in [0.25, 0.3) is 0 Å². The van der Waals surface area contributed by atoms with E-state index in [2.05, 4.69) is 32.3 Å². The van der Waals surface area contributed by atoms with Crippen LogP contribution in [-0.4, -0.2) is 22.5 Å². The van der Waals surface area contributed by atoms with E-state index in [0.29, 0.717) is 5.82 Å². The molecule has 0 bridgehead atoms. The van der Waals surface area contributed by atoms with Gasteiger partial charge in [-0.1, -0.05) is 12.1 Å². The molecular weight excluding hydrogens is 372 g/mol. The number of nitrogens with zero attached hydrogens (tertiary/aromatic N) is 2. The number of halogens is 4. The standard InChI is InChI=1S/C12H10F3IN2O/c13-12(14,15)19-7-6-18-5-4-17-11(18)9-2-1-3-10(16)8-9/h1-5,8H,6-7H2. The van der Waals surface area contributed by atoms with E-state index in [1.807, 2.05) is 24.3 Å². The molecule has 102 valence electrons. The summed E-state index contributed by atoms with van der Waals surface area (Å²) in [6, 6.07) is 7.60. The van der Waals surface area contributed by atoms with Crippen LogP contribution >= 0.6 is 22.6 Å². The summed E-state index contributed by atoms with van der Waals surface area (Å²) >= 11 is 2.17. The van der Waals surface area contributed by atoms with Crippen molar-refractivity contribution in [3.8, 4) is 11.4 Å². The first-order valence-electron chi connectivity index (χ1n) is 5.43. The maximum atomic E-state index is 11.9. The summed E-state index contributed by atoms with van der Waals surface area (Å²) in [5.74, 6) is 0.629. The summed E-state index contributed by atoms with van der Waals surface area (Å²) in [5, 5.41) is 0. The van der Waals surface area contributed by atoms with Gasteiger partial charge in [0.2, 0.25) is 0 Å². The average Bonchev–Trinajstić information content (AvgIpc) is 2.75. The fourth-order valence-electron chi connectivity index (χ4n) is 1.64. The van der Waals surface area contributed by atoms with E-state index in [9.17, 15) is 13.2 Å². The molecule has 0 N–H and O–H groups in total. The molecule has 0 fully saturated rings. The Hall–Kier alpha value is -1.09. The second-order valence-electron chi connectivity index (χ2n) is 3.75. The first kappa shape index (κ1) is 14.3. The Bertz CT molecular complexity index is 554. The predicted octanol–water partition coefficient (Wildman–Crippen LogP) is 3.69. The van der Waals surface area contributed by atoms with Crippen LogP contribution in [0, 0.1) is 3.57 Å². The number of rotatable bonds is 4. The van der Waals surface area contributed by atoms with Gasteiger partial charge in [-0.05, 0) is 34.7 Å². The highest BCUT2D eigenvalue weighted by atomic mass is 127. The average molecular weight is 382 g/mol. The van der Waals surface area contributed by atoms with Crippen molar-refractivity contribution in [3.05, 3.63) is 40.2 Å². The Morgan fingerprint density at radius 1 is 1.32 bits per heavy atom. The zero-order valence-electron chi connectivity index (χ0n) is 9.69. The molecule has 3 nitrogen and oxygen atoms in total. The maximum Gasteiger partial charge on any atom is 0.522 e. The number of benzene rings is 1. The van der Waals surface area contributed by atoms with Gasteiger partial charge in [0.05, 0.1) is 6.61 Å². The van der Waals surface area contributed by atoms with Gasteiger partial charge in [0.15, 0.2) is 0 Å². The van der Waals surface area contributed by atoms with Crippen molar-refractivity contribution in [1.82, 2.24) is 9.55 Å². The number of hydrogen-bond acceptors (Lipinski definition) is 2. The van der Waals surface area contributed by atoms with Crippen molar-refractivity contribution < 1.29 is 17.9 Å². The Kier molecular flexibility index (Phi) is 4.46. The molecule has 1 heterocycles. The summed E-state index contributed by atoms with van der Waals surface area (Å²) < 4.78 is 42.2. The van der Waals surface area contributed by atoms with E-state index >= 15 is 0 Å². The van der Waals surface area contributed by atoms with Crippen LogP contribution in [0.5, 0.6) is 0 Å². The molecule has 0 atom stereocenters. The molecule has 0 aliphatic rings. The fourth-order valence-corrected chi connectivity index (χ4v) is 2.18. The Labute approximate surface area is 121 Å². The molecule has 0 unspecified atom stereocenters. The fraction of sp³-hybridized carbons (Fsp3) is 0.250. The minimum atomic E-state index is -4.59. The highest BCUT2D eigenvalue weighted by Crippen LogP contribution is 2.20. The van der Waals surface area contributed by atoms with Crippen LogP contribution in [0.1, 0.15) is 0 Å². The van der Waals surface area contributed by atoms with Gasteiger partial charge in [-0.15, -0.1) is 13.2 Å². The molecular formula is C12H10F3IN2O. The molecule has 0 saturated carbocycles. The van der Waals surface area contributed by atoms with Gasteiger partial charge in [-0.3, -0.25) is 4.74 Å². The summed E-state index contributed by atoms with van der Waals surface area (Å²) in [4.78, 5) is 4.17. The second-order valence-corrected chi connectivity index (χ2v) is 4.99. The van der Waals surface area contributed by atoms with Crippen molar-refractivity contribution in [3.63, 3.8) is 0 Å². The van der Waals surface area contributed by atoms with E-state index in [-0.39, 0.29) is 6.54 Å². The molecule has 0 radical (unpaired) electrons. The third-order valence-corrected chi connectivity index (χ3v) is 3.07. The maximum absolute atomic E-state index is 11.9. The lowest BCUT2D eigenvalue weighted by atomic mass is 10.2. The van der Waals surface area contributed by atoms with Crippen molar-refractivity contribution >= 4 is 22.6 Å². The summed E-state index contributed by atoms with van der Waals surface area (Å²) in [7, 11) is 0. The SMILES string of the molecule is FC(F)(F)OCCn1ccnc1-c1cccc(I)c1. The Morgan fingerprint density at radius 2 is 2.11 bits per heavy atom. The number of aromatic nitrogens is 2. The van der Waals surface area contributed by atoms with Gasteiger partial charge < -0.3 is 4.57 Å². The minimum absolute atomic E-state index is 0.0975. The van der Waals surface area contributed by atoms with Crippen molar-refractivity contribution in [2.24, 2.45) is 0 Å². The lowest BCUT2D eigenvalue weighted by Gasteiger charge is -2.10. The Balaban J connectivity index is 2.10. The molecule has 0 aliphatic carbocycles. The van der Waals surface area contributed by atoms with Crippen LogP contribution in [-0.2, 0) is 11.3 Å². The Morgan fingerprint density at radius 3 is 2.79 bits per heavy atom. The van der Waals surface area contributed by atoms with Gasteiger partial charge in [0.1, 0.15) is 5.82 Å². The van der Waals surface area contributed by atoms with Crippen molar-refractivity contribution in [2.45, 2.75) is 12.9 Å². The zero-order chi connectivity index (χ0) is 13.9. The van der Waals surface area contributed by atoms with Crippen molar-refractivity contribution in [1.29, 1.82) is 0 Å². The quantitative estimate of drug-likeness (QED) is 0.755. The van der Waals surface area contributed by atoms with E-state index in [1.54, 1.807) is 17.0 Å². The molecule has 0 amide bonds. The van der Waals surface area contributed by atoms with Gasteiger partial charge in [0, 0.05) is 28.1 Å². The lowest BCUT2D eigenvalue weighted by molar-refractivity contribution is -0.325. The number of ether oxygens (including phenoxy) is 1. The van der Waals surface area contributed by atoms with Gasteiger partial charge in [-0.25, -0.2) is 4.98 Å².